The molecule has 0 aliphatic heterocycles. The summed E-state index contributed by atoms with van der Waals surface area (Å²) >= 11 is 0. The van der Waals surface area contributed by atoms with Crippen LogP contribution in [0.15, 0.2) is 48.5 Å². The highest BCUT2D eigenvalue weighted by Crippen LogP contribution is 2.22. The summed E-state index contributed by atoms with van der Waals surface area (Å²) in [6, 6.07) is 15.7. The molecular formula is C23H31N2O6P2+. The number of nitrogens with zero attached hydrogens (tertiary/aromatic N) is 2. The van der Waals surface area contributed by atoms with E-state index in [-0.39, 0.29) is 21.0 Å². The van der Waals surface area contributed by atoms with Crippen LogP contribution in [0.1, 0.15) is 6.42 Å². The Balaban J connectivity index is 0.000000366. The van der Waals surface area contributed by atoms with Gasteiger partial charge in [0.25, 0.3) is 0 Å². The lowest BCUT2D eigenvalue weighted by Crippen LogP contribution is -2.21. The van der Waals surface area contributed by atoms with Crippen molar-refractivity contribution in [1.29, 1.82) is 0 Å². The van der Waals surface area contributed by atoms with E-state index >= 15 is 0 Å². The minimum absolute atomic E-state index is 0.0712. The van der Waals surface area contributed by atoms with Crippen LogP contribution in [0.3, 0.4) is 0 Å². The second-order valence-corrected chi connectivity index (χ2v) is 9.67. The van der Waals surface area contributed by atoms with E-state index in [1.54, 1.807) is 0 Å². The Morgan fingerprint density at radius 1 is 0.848 bits per heavy atom. The van der Waals surface area contributed by atoms with Crippen molar-refractivity contribution in [3.63, 3.8) is 0 Å². The molecule has 1 unspecified atom stereocenters. The largest absolute Gasteiger partial charge is 0.469 e. The first-order chi connectivity index (χ1) is 15.6. The van der Waals surface area contributed by atoms with Gasteiger partial charge in [-0.1, -0.05) is 4.57 Å². The number of esters is 2. The molecule has 0 heterocycles. The molecule has 0 radical (unpaired) electrons. The van der Waals surface area contributed by atoms with Crippen LogP contribution >= 0.6 is 16.3 Å². The third-order valence-corrected chi connectivity index (χ3v) is 6.80. The second-order valence-electron chi connectivity index (χ2n) is 7.43. The van der Waals surface area contributed by atoms with Crippen LogP contribution in [-0.2, 0) is 28.2 Å². The summed E-state index contributed by atoms with van der Waals surface area (Å²) in [4.78, 5) is 25.8. The van der Waals surface area contributed by atoms with Gasteiger partial charge in [0.15, 0.2) is 19.1 Å². The van der Waals surface area contributed by atoms with Crippen molar-refractivity contribution in [3.8, 4) is 0 Å². The highest BCUT2D eigenvalue weighted by Gasteiger charge is 2.24. The maximum absolute atomic E-state index is 12.5. The van der Waals surface area contributed by atoms with Gasteiger partial charge in [-0.2, -0.15) is 0 Å². The number of carbonyl (C=O) groups excluding carboxylic acids is 2. The van der Waals surface area contributed by atoms with E-state index in [1.165, 1.54) is 14.2 Å². The van der Waals surface area contributed by atoms with Crippen molar-refractivity contribution >= 4 is 50.2 Å². The van der Waals surface area contributed by atoms with E-state index in [2.05, 4.69) is 9.47 Å². The van der Waals surface area contributed by atoms with Crippen molar-refractivity contribution in [3.05, 3.63) is 48.5 Å². The van der Waals surface area contributed by atoms with Gasteiger partial charge in [-0.05, 0) is 48.5 Å². The lowest BCUT2D eigenvalue weighted by atomic mass is 10.1. The summed E-state index contributed by atoms with van der Waals surface area (Å²) in [5.74, 6) is -1.75. The standard InChI is InChI=1S/C16H20N2OP.C7H11O5P/c1-17(2)13-5-9-15(10-6-13)20(19)16-11-7-14(8-12-16)18(3)4;1-11-6(8)3-5(4-13-10)7(9)12-2/h5-12H,1-4H3;5H,3-4H2,1-2H3/q+1;. The van der Waals surface area contributed by atoms with Crippen molar-refractivity contribution in [2.75, 3.05) is 58.4 Å². The van der Waals surface area contributed by atoms with Crippen LogP contribution in [0.25, 0.3) is 0 Å². The van der Waals surface area contributed by atoms with Crippen LogP contribution < -0.4 is 20.4 Å². The van der Waals surface area contributed by atoms with Gasteiger partial charge in [-0.25, -0.2) is 0 Å². The van der Waals surface area contributed by atoms with Crippen molar-refractivity contribution in [2.45, 2.75) is 6.42 Å². The highest BCUT2D eigenvalue weighted by atomic mass is 31.1. The van der Waals surface area contributed by atoms with Crippen molar-refractivity contribution in [2.24, 2.45) is 5.92 Å². The molecular weight excluding hydrogens is 462 g/mol. The fourth-order valence-electron chi connectivity index (χ4n) is 2.68. The number of anilines is 2. The Morgan fingerprint density at radius 2 is 1.27 bits per heavy atom. The molecule has 0 aliphatic carbocycles. The number of ether oxygens (including phenoxy) is 2. The van der Waals surface area contributed by atoms with E-state index in [9.17, 15) is 18.7 Å². The lowest BCUT2D eigenvalue weighted by molar-refractivity contribution is -0.151. The summed E-state index contributed by atoms with van der Waals surface area (Å²) < 4.78 is 31.6. The summed E-state index contributed by atoms with van der Waals surface area (Å²) in [6.45, 7) is 0. The molecule has 2 aromatic rings. The van der Waals surface area contributed by atoms with Gasteiger partial charge in [0, 0.05) is 45.7 Å². The molecule has 0 saturated heterocycles. The fraction of sp³-hybridized carbons (Fsp3) is 0.391. The van der Waals surface area contributed by atoms with Crippen LogP contribution in [0.4, 0.5) is 11.4 Å². The maximum Gasteiger partial charge on any atom is 0.415 e. The fourth-order valence-corrected chi connectivity index (χ4v) is 4.28. The van der Waals surface area contributed by atoms with E-state index in [1.807, 2.05) is 86.5 Å². The quantitative estimate of drug-likeness (QED) is 0.388. The van der Waals surface area contributed by atoms with E-state index in [0.29, 0.717) is 0 Å². The molecule has 0 fully saturated rings. The first kappa shape index (κ1) is 28.2. The zero-order valence-corrected chi connectivity index (χ0v) is 21.6. The van der Waals surface area contributed by atoms with Crippen molar-refractivity contribution < 1.29 is 28.2 Å². The van der Waals surface area contributed by atoms with Crippen LogP contribution in [0.2, 0.25) is 0 Å². The van der Waals surface area contributed by atoms with E-state index in [0.717, 1.165) is 22.0 Å². The van der Waals surface area contributed by atoms with E-state index in [4.69, 9.17) is 0 Å². The van der Waals surface area contributed by atoms with Gasteiger partial charge >= 0.3 is 19.7 Å². The number of carbonyl (C=O) groups is 2. The third kappa shape index (κ3) is 9.29. The van der Waals surface area contributed by atoms with Crippen molar-refractivity contribution in [1.82, 2.24) is 0 Å². The summed E-state index contributed by atoms with van der Waals surface area (Å²) in [5, 5.41) is 1.73. The van der Waals surface area contributed by atoms with Gasteiger partial charge in [-0.3, -0.25) is 14.2 Å². The molecule has 0 aromatic heterocycles. The number of hydrogen-bond acceptors (Lipinski definition) is 8. The summed E-state index contributed by atoms with van der Waals surface area (Å²) in [6.07, 6.45) is -0.0276. The first-order valence-electron chi connectivity index (χ1n) is 10.1. The van der Waals surface area contributed by atoms with Gasteiger partial charge in [0.05, 0.1) is 26.6 Å². The molecule has 8 nitrogen and oxygen atoms in total. The molecule has 2 aromatic carbocycles. The molecule has 2 rings (SSSR count). The van der Waals surface area contributed by atoms with Gasteiger partial charge in [0.1, 0.15) is 0 Å². The Bertz CT molecular complexity index is 877. The molecule has 10 heteroatoms. The van der Waals surface area contributed by atoms with Crippen LogP contribution in [0, 0.1) is 5.92 Å². The number of hydrogen-bond donors (Lipinski definition) is 0. The molecule has 178 valence electrons. The first-order valence-corrected chi connectivity index (χ1v) is 12.4. The number of methoxy groups -OCH3 is 2. The molecule has 0 saturated carbocycles. The Morgan fingerprint density at radius 3 is 1.58 bits per heavy atom. The molecule has 0 bridgehead atoms. The zero-order chi connectivity index (χ0) is 25.0. The lowest BCUT2D eigenvalue weighted by Gasteiger charge is -2.11. The second kappa shape index (κ2) is 14.4. The predicted octanol–water partition coefficient (Wildman–Crippen LogP) is 3.23. The molecule has 1 atom stereocenters. The summed E-state index contributed by atoms with van der Waals surface area (Å²) in [5.41, 5.74) is 2.22. The van der Waals surface area contributed by atoms with Gasteiger partial charge < -0.3 is 19.3 Å². The molecule has 0 aliphatic rings. The average Bonchev–Trinajstić information content (AvgIpc) is 2.83. The van der Waals surface area contributed by atoms with Crippen LogP contribution in [-0.4, -0.2) is 60.5 Å². The average molecular weight is 493 g/mol. The Labute approximate surface area is 197 Å². The Kier molecular flexibility index (Phi) is 12.3. The zero-order valence-electron chi connectivity index (χ0n) is 19.8. The molecule has 0 N–H and O–H groups in total. The minimum Gasteiger partial charge on any atom is -0.469 e. The molecule has 0 spiro atoms. The van der Waals surface area contributed by atoms with E-state index < -0.39 is 25.7 Å². The molecule has 0 amide bonds. The smallest absolute Gasteiger partial charge is 0.415 e. The normalized spacial score (nSPS) is 11.0. The SMILES string of the molecule is CN(C)c1ccc([P+](=O)c2ccc(N(C)C)cc2)cc1.COC(=O)CC(CP=O)C(=O)OC. The topological polar surface area (TPSA) is 93.2 Å². The highest BCUT2D eigenvalue weighted by molar-refractivity contribution is 7.61. The summed E-state index contributed by atoms with van der Waals surface area (Å²) in [7, 11) is 8.72. The van der Waals surface area contributed by atoms with Gasteiger partial charge in [0.2, 0.25) is 0 Å². The maximum atomic E-state index is 12.5. The monoisotopic (exact) mass is 493 g/mol. The minimum atomic E-state index is -1.52. The predicted molar refractivity (Wildman–Crippen MR) is 133 cm³/mol. The number of benzene rings is 2. The Hall–Kier alpha value is -2.82. The van der Waals surface area contributed by atoms with Crippen LogP contribution in [0.5, 0.6) is 0 Å². The molecule has 33 heavy (non-hydrogen) atoms. The number of rotatable bonds is 9. The third-order valence-electron chi connectivity index (χ3n) is 4.67. The van der Waals surface area contributed by atoms with Gasteiger partial charge in [-0.15, -0.1) is 0 Å².